The molecule has 5 heteroatoms. The van der Waals surface area contributed by atoms with Gasteiger partial charge in [0.25, 0.3) is 5.91 Å². The van der Waals surface area contributed by atoms with Crippen LogP contribution in [0.4, 0.5) is 0 Å². The maximum atomic E-state index is 13.2. The molecule has 2 unspecified atom stereocenters. The van der Waals surface area contributed by atoms with Crippen LogP contribution in [0.1, 0.15) is 34.1 Å². The second kappa shape index (κ2) is 6.23. The van der Waals surface area contributed by atoms with E-state index in [1.807, 2.05) is 23.1 Å². The van der Waals surface area contributed by atoms with Gasteiger partial charge in [-0.05, 0) is 22.6 Å². The molecular weight excluding hydrogens is 338 g/mol. The number of amides is 1. The molecule has 2 aliphatic heterocycles. The van der Waals surface area contributed by atoms with Gasteiger partial charge in [-0.25, -0.2) is 0 Å². The van der Waals surface area contributed by atoms with Crippen molar-refractivity contribution in [2.75, 3.05) is 13.1 Å². The number of benzene rings is 1. The summed E-state index contributed by atoms with van der Waals surface area (Å²) in [4.78, 5) is 23.3. The van der Waals surface area contributed by atoms with Crippen LogP contribution in [-0.4, -0.2) is 37.0 Å². The maximum Gasteiger partial charge on any atom is 0.270 e. The van der Waals surface area contributed by atoms with Crippen molar-refractivity contribution in [1.82, 2.24) is 9.88 Å². The standard InChI is InChI=1S/C21H27N3OSi/c1-14-10-16-18-17(26(2,3)4)13-24(12-15-8-6-5-7-9-15)21(25)19(18)23-20(16)22-11-14/h5-10,14,17H,11-13H2,1-4H3,(H,22,23). The fraction of sp³-hybridized carbons (Fsp3) is 0.429. The molecule has 0 fully saturated rings. The van der Waals surface area contributed by atoms with Gasteiger partial charge in [0.15, 0.2) is 0 Å². The summed E-state index contributed by atoms with van der Waals surface area (Å²) in [7, 11) is -1.52. The zero-order valence-electron chi connectivity index (χ0n) is 16.0. The Morgan fingerprint density at radius 1 is 1.23 bits per heavy atom. The lowest BCUT2D eigenvalue weighted by Gasteiger charge is -2.38. The van der Waals surface area contributed by atoms with E-state index in [2.05, 4.69) is 49.8 Å². The number of nitrogens with one attached hydrogen (secondary N) is 1. The quantitative estimate of drug-likeness (QED) is 0.836. The third-order valence-corrected chi connectivity index (χ3v) is 8.12. The number of hydrogen-bond donors (Lipinski definition) is 1. The fourth-order valence-corrected chi connectivity index (χ4v) is 6.05. The fourth-order valence-electron chi connectivity index (χ4n) is 4.11. The highest BCUT2D eigenvalue weighted by molar-refractivity contribution is 6.77. The topological polar surface area (TPSA) is 48.5 Å². The number of aromatic amines is 1. The summed E-state index contributed by atoms with van der Waals surface area (Å²) in [5.74, 6) is 0.547. The number of aromatic nitrogens is 1. The predicted molar refractivity (Wildman–Crippen MR) is 107 cm³/mol. The van der Waals surface area contributed by atoms with Gasteiger partial charge in [0, 0.05) is 24.9 Å². The van der Waals surface area contributed by atoms with E-state index in [1.54, 1.807) is 0 Å². The van der Waals surface area contributed by atoms with Crippen LogP contribution in [0.3, 0.4) is 0 Å². The van der Waals surface area contributed by atoms with Crippen molar-refractivity contribution >= 4 is 20.1 Å². The van der Waals surface area contributed by atoms with Crippen LogP contribution in [0.15, 0.2) is 35.3 Å². The summed E-state index contributed by atoms with van der Waals surface area (Å²) < 4.78 is 0. The van der Waals surface area contributed by atoms with Gasteiger partial charge >= 0.3 is 0 Å². The summed E-state index contributed by atoms with van der Waals surface area (Å²) >= 11 is 0. The number of rotatable bonds is 3. The second-order valence-corrected chi connectivity index (χ2v) is 14.2. The largest absolute Gasteiger partial charge is 0.335 e. The summed E-state index contributed by atoms with van der Waals surface area (Å²) in [6, 6.07) is 10.3. The molecular formula is C21H27N3OSi. The molecule has 2 aliphatic rings. The summed E-state index contributed by atoms with van der Waals surface area (Å²) in [5.41, 5.74) is 4.53. The van der Waals surface area contributed by atoms with E-state index in [1.165, 1.54) is 16.3 Å². The minimum atomic E-state index is -1.52. The normalized spacial score (nSPS) is 22.3. The highest BCUT2D eigenvalue weighted by atomic mass is 28.3. The van der Waals surface area contributed by atoms with E-state index in [0.29, 0.717) is 18.0 Å². The molecule has 1 aromatic heterocycles. The third kappa shape index (κ3) is 2.94. The van der Waals surface area contributed by atoms with Gasteiger partial charge in [-0.1, -0.05) is 63.0 Å². The number of carbonyl (C=O) groups is 1. The van der Waals surface area contributed by atoms with Crippen LogP contribution < -0.4 is 10.7 Å². The van der Waals surface area contributed by atoms with Crippen LogP contribution >= 0.6 is 0 Å². The van der Waals surface area contributed by atoms with Crippen LogP contribution in [0.25, 0.3) is 6.08 Å². The molecule has 4 nitrogen and oxygen atoms in total. The molecule has 0 saturated carbocycles. The Kier molecular flexibility index (Phi) is 4.14. The monoisotopic (exact) mass is 365 g/mol. The van der Waals surface area contributed by atoms with Gasteiger partial charge in [0.05, 0.1) is 8.07 Å². The van der Waals surface area contributed by atoms with Gasteiger partial charge in [0.2, 0.25) is 0 Å². The minimum Gasteiger partial charge on any atom is -0.335 e. The molecule has 4 rings (SSSR count). The zero-order chi connectivity index (χ0) is 18.5. The number of nitrogens with zero attached hydrogens (tertiary/aromatic N) is 2. The average molecular weight is 366 g/mol. The highest BCUT2D eigenvalue weighted by Crippen LogP contribution is 2.33. The van der Waals surface area contributed by atoms with E-state index in [-0.39, 0.29) is 5.91 Å². The minimum absolute atomic E-state index is 0.115. The number of fused-ring (bicyclic) bond motifs is 3. The van der Waals surface area contributed by atoms with Gasteiger partial charge in [-0.2, -0.15) is 0 Å². The number of H-pyrrole nitrogens is 1. The first kappa shape index (κ1) is 17.3. The Bertz CT molecular complexity index is 956. The first-order valence-corrected chi connectivity index (χ1v) is 13.0. The Hall–Kier alpha value is -2.14. The first-order valence-electron chi connectivity index (χ1n) is 9.46. The number of carbonyl (C=O) groups excluding carboxylic acids is 1. The zero-order valence-corrected chi connectivity index (χ0v) is 17.0. The third-order valence-electron chi connectivity index (χ3n) is 5.56. The first-order chi connectivity index (χ1) is 12.3. The predicted octanol–water partition coefficient (Wildman–Crippen LogP) is 2.68. The van der Waals surface area contributed by atoms with Crippen molar-refractivity contribution in [3.63, 3.8) is 0 Å². The number of hydrogen-bond acceptors (Lipinski definition) is 2. The Morgan fingerprint density at radius 2 is 1.96 bits per heavy atom. The van der Waals surface area contributed by atoms with Gasteiger partial charge in [0.1, 0.15) is 11.2 Å². The van der Waals surface area contributed by atoms with E-state index in [4.69, 9.17) is 4.99 Å². The van der Waals surface area contributed by atoms with Crippen LogP contribution in [0.5, 0.6) is 0 Å². The molecule has 1 N–H and O–H groups in total. The van der Waals surface area contributed by atoms with Crippen molar-refractivity contribution < 1.29 is 4.79 Å². The summed E-state index contributed by atoms with van der Waals surface area (Å²) in [6.45, 7) is 11.7. The second-order valence-electron chi connectivity index (χ2n) is 8.75. The molecule has 0 radical (unpaired) electrons. The van der Waals surface area contributed by atoms with Gasteiger partial charge < -0.3 is 9.88 Å². The van der Waals surface area contributed by atoms with Gasteiger partial charge in [-0.15, -0.1) is 0 Å². The summed E-state index contributed by atoms with van der Waals surface area (Å²) in [6.07, 6.45) is 2.31. The van der Waals surface area contributed by atoms with E-state index in [0.717, 1.165) is 24.3 Å². The highest BCUT2D eigenvalue weighted by Gasteiger charge is 2.40. The molecule has 0 bridgehead atoms. The molecule has 136 valence electrons. The van der Waals surface area contributed by atoms with Crippen molar-refractivity contribution in [3.05, 3.63) is 57.9 Å². The molecule has 2 aromatic rings. The maximum absolute atomic E-state index is 13.2. The van der Waals surface area contributed by atoms with Crippen molar-refractivity contribution in [2.24, 2.45) is 10.9 Å². The van der Waals surface area contributed by atoms with Crippen molar-refractivity contribution in [1.29, 1.82) is 0 Å². The van der Waals surface area contributed by atoms with E-state index >= 15 is 0 Å². The Balaban J connectivity index is 1.82. The SMILES string of the molecule is CC1C=c2c3c([nH]c2=NC1)C(=O)N(Cc1ccccc1)CC3[Si](C)(C)C. The van der Waals surface area contributed by atoms with Crippen LogP contribution in [0, 0.1) is 5.92 Å². The average Bonchev–Trinajstić information content (AvgIpc) is 2.96. The van der Waals surface area contributed by atoms with Crippen molar-refractivity contribution in [2.45, 2.75) is 38.7 Å². The Morgan fingerprint density at radius 3 is 2.65 bits per heavy atom. The Labute approximate surface area is 155 Å². The molecule has 1 aromatic carbocycles. The molecule has 0 saturated heterocycles. The van der Waals surface area contributed by atoms with Crippen molar-refractivity contribution in [3.8, 4) is 0 Å². The summed E-state index contributed by atoms with van der Waals surface area (Å²) in [5, 5.41) is 1.19. The van der Waals surface area contributed by atoms with Gasteiger partial charge in [-0.3, -0.25) is 9.79 Å². The lowest BCUT2D eigenvalue weighted by Crippen LogP contribution is -2.49. The van der Waals surface area contributed by atoms with E-state index in [9.17, 15) is 4.79 Å². The molecule has 1 amide bonds. The molecule has 0 spiro atoms. The molecule has 3 heterocycles. The lowest BCUT2D eigenvalue weighted by molar-refractivity contribution is 0.0716. The van der Waals surface area contributed by atoms with E-state index < -0.39 is 8.07 Å². The molecule has 26 heavy (non-hydrogen) atoms. The van der Waals surface area contributed by atoms with Crippen LogP contribution in [-0.2, 0) is 6.54 Å². The smallest absolute Gasteiger partial charge is 0.270 e. The lowest BCUT2D eigenvalue weighted by atomic mass is 10.0. The molecule has 0 aliphatic carbocycles. The molecule has 2 atom stereocenters. The van der Waals surface area contributed by atoms with Crippen LogP contribution in [0.2, 0.25) is 19.6 Å².